The number of hydrogen-bond acceptors (Lipinski definition) is 8. The maximum Gasteiger partial charge on any atom is 0.434 e. The first-order valence-electron chi connectivity index (χ1n) is 14.3. The first-order valence-corrected chi connectivity index (χ1v) is 14.3. The SMILES string of the molecule is COc1ncnc(C2CC2)c1-c1ncc(C(F)(F)F)c(N2CCOCC2c2ccc(-c3nc(C(F)(F)F)cn3C(C)C)cc2)n1. The fraction of sp³-hybridized carbons (Fsp3) is 0.433. The zero-order chi connectivity index (χ0) is 32.1. The predicted octanol–water partition coefficient (Wildman–Crippen LogP) is 6.88. The molecule has 15 heteroatoms. The fourth-order valence-electron chi connectivity index (χ4n) is 5.45. The second-order valence-corrected chi connectivity index (χ2v) is 11.2. The first kappa shape index (κ1) is 30.7. The van der Waals surface area contributed by atoms with E-state index >= 15 is 0 Å². The van der Waals surface area contributed by atoms with Crippen LogP contribution in [0, 0.1) is 0 Å². The van der Waals surface area contributed by atoms with Crippen LogP contribution in [0.15, 0.2) is 43.0 Å². The number of benzene rings is 1. The summed E-state index contributed by atoms with van der Waals surface area (Å²) in [5, 5.41) is 0. The number of nitrogens with zero attached hydrogens (tertiary/aromatic N) is 7. The van der Waals surface area contributed by atoms with Crippen molar-refractivity contribution in [3.05, 3.63) is 65.5 Å². The van der Waals surface area contributed by atoms with Gasteiger partial charge in [-0.1, -0.05) is 24.3 Å². The van der Waals surface area contributed by atoms with E-state index in [1.807, 2.05) is 0 Å². The molecular weight excluding hydrogens is 604 g/mol. The Morgan fingerprint density at radius 2 is 1.69 bits per heavy atom. The van der Waals surface area contributed by atoms with E-state index < -0.39 is 29.7 Å². The molecule has 0 spiro atoms. The molecule has 0 radical (unpaired) electrons. The lowest BCUT2D eigenvalue weighted by atomic mass is 10.0. The van der Waals surface area contributed by atoms with Crippen LogP contribution in [0.25, 0.3) is 22.8 Å². The number of imidazole rings is 1. The molecule has 2 fully saturated rings. The molecule has 0 amide bonds. The van der Waals surface area contributed by atoms with Crippen molar-refractivity contribution < 1.29 is 35.8 Å². The number of alkyl halides is 6. The molecule has 1 aliphatic carbocycles. The molecule has 45 heavy (non-hydrogen) atoms. The van der Waals surface area contributed by atoms with Gasteiger partial charge >= 0.3 is 12.4 Å². The Bertz CT molecular complexity index is 1680. The highest BCUT2D eigenvalue weighted by molar-refractivity contribution is 5.68. The van der Waals surface area contributed by atoms with E-state index in [1.54, 1.807) is 38.1 Å². The summed E-state index contributed by atoms with van der Waals surface area (Å²) in [5.41, 5.74) is -0.0375. The molecule has 4 heterocycles. The van der Waals surface area contributed by atoms with Gasteiger partial charge in [0.2, 0.25) is 5.88 Å². The fourth-order valence-corrected chi connectivity index (χ4v) is 5.45. The Hall–Kier alpha value is -4.27. The average Bonchev–Trinajstić information content (AvgIpc) is 3.75. The topological polar surface area (TPSA) is 91.1 Å². The molecule has 1 aromatic carbocycles. The van der Waals surface area contributed by atoms with Crippen LogP contribution < -0.4 is 9.64 Å². The highest BCUT2D eigenvalue weighted by Crippen LogP contribution is 2.46. The highest BCUT2D eigenvalue weighted by atomic mass is 19.4. The van der Waals surface area contributed by atoms with Crippen molar-refractivity contribution in [2.24, 2.45) is 0 Å². The van der Waals surface area contributed by atoms with Crippen LogP contribution in [0.1, 0.15) is 67.2 Å². The normalized spacial score (nSPS) is 17.6. The Balaban J connectivity index is 1.41. The van der Waals surface area contributed by atoms with E-state index in [0.29, 0.717) is 22.4 Å². The van der Waals surface area contributed by atoms with Gasteiger partial charge in [-0.05, 0) is 32.3 Å². The molecule has 0 N–H and O–H groups in total. The zero-order valence-corrected chi connectivity index (χ0v) is 24.5. The maximum absolute atomic E-state index is 14.4. The standard InChI is InChI=1S/C30H29F6N7O2/c1-16(2)43-13-22(30(34,35)36)40-26(43)19-8-4-17(5-9-19)21-14-45-11-10-42(21)27-20(29(31,32)33)12-37-25(41-27)23-24(18-6-7-18)38-15-39-28(23)44-3/h4-5,8-9,12-13,15-16,18,21H,6-7,10-11,14H2,1-3H3. The van der Waals surface area contributed by atoms with Crippen LogP contribution in [0.3, 0.4) is 0 Å². The second-order valence-electron chi connectivity index (χ2n) is 11.2. The monoisotopic (exact) mass is 633 g/mol. The minimum Gasteiger partial charge on any atom is -0.480 e. The van der Waals surface area contributed by atoms with Crippen LogP contribution in [0.2, 0.25) is 0 Å². The molecule has 9 nitrogen and oxygen atoms in total. The van der Waals surface area contributed by atoms with Crippen molar-refractivity contribution in [1.82, 2.24) is 29.5 Å². The third kappa shape index (κ3) is 6.04. The molecule has 1 aliphatic heterocycles. The van der Waals surface area contributed by atoms with Crippen molar-refractivity contribution in [1.29, 1.82) is 0 Å². The van der Waals surface area contributed by atoms with E-state index in [4.69, 9.17) is 9.47 Å². The molecule has 0 bridgehead atoms. The number of halogens is 6. The minimum absolute atomic E-state index is 0.0129. The first-order chi connectivity index (χ1) is 21.4. The minimum atomic E-state index is -4.76. The molecule has 3 aromatic heterocycles. The van der Waals surface area contributed by atoms with Crippen LogP contribution >= 0.6 is 0 Å². The largest absolute Gasteiger partial charge is 0.480 e. The van der Waals surface area contributed by atoms with Gasteiger partial charge in [-0.25, -0.2) is 24.9 Å². The van der Waals surface area contributed by atoms with E-state index in [-0.39, 0.29) is 55.1 Å². The lowest BCUT2D eigenvalue weighted by Crippen LogP contribution is -2.41. The van der Waals surface area contributed by atoms with Gasteiger partial charge in [-0.3, -0.25) is 0 Å². The summed E-state index contributed by atoms with van der Waals surface area (Å²) < 4.78 is 96.0. The summed E-state index contributed by atoms with van der Waals surface area (Å²) in [5.74, 6) is 0.0899. The number of ether oxygens (including phenoxy) is 2. The summed E-state index contributed by atoms with van der Waals surface area (Å²) in [4.78, 5) is 22.4. The van der Waals surface area contributed by atoms with Crippen LogP contribution in [0.5, 0.6) is 5.88 Å². The van der Waals surface area contributed by atoms with Crippen molar-refractivity contribution >= 4 is 5.82 Å². The third-order valence-electron chi connectivity index (χ3n) is 7.83. The van der Waals surface area contributed by atoms with Crippen molar-refractivity contribution in [3.63, 3.8) is 0 Å². The van der Waals surface area contributed by atoms with Gasteiger partial charge in [0.1, 0.15) is 29.1 Å². The molecule has 4 aromatic rings. The molecule has 1 saturated carbocycles. The van der Waals surface area contributed by atoms with Gasteiger partial charge in [-0.15, -0.1) is 0 Å². The summed E-state index contributed by atoms with van der Waals surface area (Å²) in [6, 6.07) is 5.53. The van der Waals surface area contributed by atoms with E-state index in [9.17, 15) is 26.3 Å². The Morgan fingerprint density at radius 1 is 0.956 bits per heavy atom. The zero-order valence-electron chi connectivity index (χ0n) is 24.5. The molecule has 6 rings (SSSR count). The lowest BCUT2D eigenvalue weighted by molar-refractivity contribution is -0.141. The van der Waals surface area contributed by atoms with Crippen molar-refractivity contribution in [3.8, 4) is 28.7 Å². The van der Waals surface area contributed by atoms with Gasteiger partial charge in [0.15, 0.2) is 11.5 Å². The van der Waals surface area contributed by atoms with Gasteiger partial charge in [-0.2, -0.15) is 26.3 Å². The third-order valence-corrected chi connectivity index (χ3v) is 7.83. The molecule has 2 aliphatic rings. The Kier molecular flexibility index (Phi) is 7.91. The molecular formula is C30H29F6N7O2. The van der Waals surface area contributed by atoms with Crippen LogP contribution in [-0.2, 0) is 17.1 Å². The summed E-state index contributed by atoms with van der Waals surface area (Å²) in [6.45, 7) is 3.80. The van der Waals surface area contributed by atoms with E-state index in [0.717, 1.165) is 25.2 Å². The number of hydrogen-bond donors (Lipinski definition) is 0. The number of methoxy groups -OCH3 is 1. The number of morpholine rings is 1. The summed E-state index contributed by atoms with van der Waals surface area (Å²) in [7, 11) is 1.41. The van der Waals surface area contributed by atoms with Gasteiger partial charge in [0, 0.05) is 36.5 Å². The summed E-state index contributed by atoms with van der Waals surface area (Å²) >= 11 is 0. The smallest absolute Gasteiger partial charge is 0.434 e. The lowest BCUT2D eigenvalue weighted by Gasteiger charge is -2.38. The van der Waals surface area contributed by atoms with Gasteiger partial charge in [0.05, 0.1) is 32.1 Å². The average molecular weight is 634 g/mol. The van der Waals surface area contributed by atoms with Crippen molar-refractivity contribution in [2.45, 2.75) is 57.0 Å². The predicted molar refractivity (Wildman–Crippen MR) is 151 cm³/mol. The van der Waals surface area contributed by atoms with Crippen LogP contribution in [-0.4, -0.2) is 56.4 Å². The highest BCUT2D eigenvalue weighted by Gasteiger charge is 2.41. The molecule has 1 saturated heterocycles. The number of aromatic nitrogens is 6. The van der Waals surface area contributed by atoms with Gasteiger partial charge in [0.25, 0.3) is 0 Å². The van der Waals surface area contributed by atoms with E-state index in [2.05, 4.69) is 24.9 Å². The van der Waals surface area contributed by atoms with Gasteiger partial charge < -0.3 is 18.9 Å². The maximum atomic E-state index is 14.4. The molecule has 1 atom stereocenters. The quantitative estimate of drug-likeness (QED) is 0.204. The van der Waals surface area contributed by atoms with Crippen molar-refractivity contribution in [2.75, 3.05) is 31.8 Å². The van der Waals surface area contributed by atoms with Crippen LogP contribution in [0.4, 0.5) is 32.2 Å². The number of rotatable bonds is 7. The molecule has 1 unspecified atom stereocenters. The Morgan fingerprint density at radius 3 is 2.31 bits per heavy atom. The second kappa shape index (κ2) is 11.6. The Labute approximate surface area is 254 Å². The van der Waals surface area contributed by atoms with E-state index in [1.165, 1.54) is 22.9 Å². The number of anilines is 1. The summed E-state index contributed by atoms with van der Waals surface area (Å²) in [6.07, 6.45) is -4.55. The molecule has 238 valence electrons.